The fourth-order valence-corrected chi connectivity index (χ4v) is 1.73. The smallest absolute Gasteiger partial charge is 0.360 e. The van der Waals surface area contributed by atoms with Gasteiger partial charge in [0.1, 0.15) is 5.75 Å². The van der Waals surface area contributed by atoms with Crippen LogP contribution >= 0.6 is 0 Å². The molecule has 0 aliphatic carbocycles. The third-order valence-electron chi connectivity index (χ3n) is 2.83. The number of nitro benzene ring substituents is 1. The molecule has 1 aliphatic rings. The number of ether oxygens (including phenoxy) is 2. The van der Waals surface area contributed by atoms with E-state index >= 15 is 0 Å². The second-order valence-corrected chi connectivity index (χ2v) is 4.25. The van der Waals surface area contributed by atoms with Gasteiger partial charge in [-0.25, -0.2) is 4.79 Å². The molecule has 1 atom stereocenters. The molecule has 2 rings (SSSR count). The number of nitrogens with zero attached hydrogens (tertiary/aromatic N) is 1. The summed E-state index contributed by atoms with van der Waals surface area (Å²) >= 11 is 0. The number of carbonyl (C=O) groups excluding carboxylic acids is 2. The van der Waals surface area contributed by atoms with Crippen LogP contribution in [-0.2, 0) is 14.3 Å². The Bertz CT molecular complexity index is 600. The van der Waals surface area contributed by atoms with Crippen molar-refractivity contribution in [2.75, 3.05) is 11.9 Å². The highest BCUT2D eigenvalue weighted by Crippen LogP contribution is 2.36. The monoisotopic (exact) mass is 280 g/mol. The zero-order chi connectivity index (χ0) is 14.9. The van der Waals surface area contributed by atoms with Crippen LogP contribution in [0.4, 0.5) is 11.4 Å². The van der Waals surface area contributed by atoms with Crippen LogP contribution in [0.15, 0.2) is 18.2 Å². The molecule has 0 spiro atoms. The molecule has 0 saturated carbocycles. The predicted molar refractivity (Wildman–Crippen MR) is 67.4 cm³/mol. The van der Waals surface area contributed by atoms with Crippen LogP contribution in [0.2, 0.25) is 0 Å². The van der Waals surface area contributed by atoms with Crippen LogP contribution in [0, 0.1) is 10.1 Å². The highest BCUT2D eigenvalue weighted by atomic mass is 16.6. The van der Waals surface area contributed by atoms with Gasteiger partial charge in [0.15, 0.2) is 0 Å². The number of anilines is 1. The Labute approximate surface area is 113 Å². The van der Waals surface area contributed by atoms with Crippen LogP contribution in [0.3, 0.4) is 0 Å². The molecule has 0 saturated heterocycles. The van der Waals surface area contributed by atoms with Gasteiger partial charge in [-0.15, -0.1) is 0 Å². The van der Waals surface area contributed by atoms with Gasteiger partial charge in [0, 0.05) is 12.1 Å². The Kier molecular flexibility index (Phi) is 3.31. The molecular formula is C12H12N2O6. The lowest BCUT2D eigenvalue weighted by Gasteiger charge is -2.32. The summed E-state index contributed by atoms with van der Waals surface area (Å²) in [6.07, 6.45) is 0. The van der Waals surface area contributed by atoms with E-state index in [2.05, 4.69) is 5.32 Å². The first kappa shape index (κ1) is 13.8. The largest absolute Gasteiger partial charge is 0.464 e. The molecular weight excluding hydrogens is 268 g/mol. The van der Waals surface area contributed by atoms with Gasteiger partial charge >= 0.3 is 5.97 Å². The first-order valence-electron chi connectivity index (χ1n) is 5.84. The van der Waals surface area contributed by atoms with E-state index in [0.717, 1.165) is 6.07 Å². The number of amides is 1. The molecule has 0 radical (unpaired) electrons. The molecule has 0 bridgehead atoms. The molecule has 0 fully saturated rings. The van der Waals surface area contributed by atoms with Crippen molar-refractivity contribution in [3.05, 3.63) is 28.3 Å². The lowest BCUT2D eigenvalue weighted by Crippen LogP contribution is -2.55. The van der Waals surface area contributed by atoms with E-state index in [0.29, 0.717) is 0 Å². The highest BCUT2D eigenvalue weighted by molar-refractivity contribution is 6.13. The lowest BCUT2D eigenvalue weighted by atomic mass is 10.0. The average Bonchev–Trinajstić information content (AvgIpc) is 2.39. The van der Waals surface area contributed by atoms with Crippen molar-refractivity contribution >= 4 is 23.3 Å². The van der Waals surface area contributed by atoms with Crippen molar-refractivity contribution in [1.29, 1.82) is 0 Å². The van der Waals surface area contributed by atoms with E-state index in [-0.39, 0.29) is 23.7 Å². The zero-order valence-electron chi connectivity index (χ0n) is 10.8. The SMILES string of the molecule is CCOC(=O)[C@]1(C)Oc2ccc([N+](=O)[O-])cc2NC1=O. The predicted octanol–water partition coefficient (Wildman–Crippen LogP) is 1.25. The molecule has 1 aromatic carbocycles. The maximum absolute atomic E-state index is 12.0. The van der Waals surface area contributed by atoms with Crippen molar-refractivity contribution in [1.82, 2.24) is 0 Å². The Morgan fingerprint density at radius 1 is 1.55 bits per heavy atom. The van der Waals surface area contributed by atoms with Gasteiger partial charge in [0.05, 0.1) is 17.2 Å². The van der Waals surface area contributed by atoms with Crippen molar-refractivity contribution < 1.29 is 24.0 Å². The zero-order valence-corrected chi connectivity index (χ0v) is 10.8. The van der Waals surface area contributed by atoms with Crippen molar-refractivity contribution in [3.8, 4) is 5.75 Å². The van der Waals surface area contributed by atoms with Crippen LogP contribution in [0.5, 0.6) is 5.75 Å². The minimum absolute atomic E-state index is 0.109. The lowest BCUT2D eigenvalue weighted by molar-refractivity contribution is -0.384. The summed E-state index contributed by atoms with van der Waals surface area (Å²) in [5, 5.41) is 13.1. The molecule has 8 nitrogen and oxygen atoms in total. The number of hydrogen-bond donors (Lipinski definition) is 1. The molecule has 0 unspecified atom stereocenters. The fraction of sp³-hybridized carbons (Fsp3) is 0.333. The number of nitrogens with one attached hydrogen (secondary N) is 1. The minimum Gasteiger partial charge on any atom is -0.464 e. The second kappa shape index (κ2) is 4.80. The number of hydrogen-bond acceptors (Lipinski definition) is 6. The minimum atomic E-state index is -1.81. The number of carbonyl (C=O) groups is 2. The quantitative estimate of drug-likeness (QED) is 0.386. The number of fused-ring (bicyclic) bond motifs is 1. The number of nitro groups is 1. The molecule has 0 aromatic heterocycles. The molecule has 1 aliphatic heterocycles. The number of non-ortho nitro benzene ring substituents is 1. The normalized spacial score (nSPS) is 20.4. The van der Waals surface area contributed by atoms with Gasteiger partial charge in [-0.3, -0.25) is 14.9 Å². The first-order valence-corrected chi connectivity index (χ1v) is 5.84. The van der Waals surface area contributed by atoms with Crippen molar-refractivity contribution in [2.24, 2.45) is 0 Å². The summed E-state index contributed by atoms with van der Waals surface area (Å²) in [4.78, 5) is 33.8. The second-order valence-electron chi connectivity index (χ2n) is 4.25. The molecule has 20 heavy (non-hydrogen) atoms. The highest BCUT2D eigenvalue weighted by Gasteiger charge is 2.48. The van der Waals surface area contributed by atoms with Gasteiger partial charge < -0.3 is 14.8 Å². The van der Waals surface area contributed by atoms with Gasteiger partial charge in [0.2, 0.25) is 0 Å². The average molecular weight is 280 g/mol. The van der Waals surface area contributed by atoms with E-state index in [4.69, 9.17) is 9.47 Å². The summed E-state index contributed by atoms with van der Waals surface area (Å²) in [6, 6.07) is 3.71. The third-order valence-corrected chi connectivity index (χ3v) is 2.83. The maximum Gasteiger partial charge on any atom is 0.360 e. The summed E-state index contributed by atoms with van der Waals surface area (Å²) in [5.74, 6) is -1.38. The molecule has 1 heterocycles. The Hall–Kier alpha value is -2.64. The van der Waals surface area contributed by atoms with Gasteiger partial charge in [0.25, 0.3) is 17.2 Å². The van der Waals surface area contributed by atoms with Crippen molar-refractivity contribution in [2.45, 2.75) is 19.4 Å². The molecule has 106 valence electrons. The summed E-state index contributed by atoms with van der Waals surface area (Å²) in [5.41, 5.74) is -1.85. The standard InChI is InChI=1S/C12H12N2O6/c1-3-19-11(16)12(2)10(15)13-8-6-7(14(17)18)4-5-9(8)20-12/h4-6H,3H2,1-2H3,(H,13,15)/t12-/m1/s1. The molecule has 8 heteroatoms. The van der Waals surface area contributed by atoms with Crippen LogP contribution in [0.1, 0.15) is 13.8 Å². The Morgan fingerprint density at radius 2 is 2.25 bits per heavy atom. The fourth-order valence-electron chi connectivity index (χ4n) is 1.73. The molecule has 1 aromatic rings. The first-order chi connectivity index (χ1) is 9.38. The third kappa shape index (κ3) is 2.15. The molecule has 1 N–H and O–H groups in total. The number of benzene rings is 1. The molecule has 1 amide bonds. The summed E-state index contributed by atoms with van der Waals surface area (Å²) < 4.78 is 10.2. The van der Waals surface area contributed by atoms with Crippen LogP contribution in [0.25, 0.3) is 0 Å². The van der Waals surface area contributed by atoms with E-state index in [1.807, 2.05) is 0 Å². The van der Waals surface area contributed by atoms with Gasteiger partial charge in [-0.2, -0.15) is 0 Å². The van der Waals surface area contributed by atoms with Gasteiger partial charge in [-0.05, 0) is 19.9 Å². The summed E-state index contributed by atoms with van der Waals surface area (Å²) in [6.45, 7) is 3.00. The van der Waals surface area contributed by atoms with Crippen molar-refractivity contribution in [3.63, 3.8) is 0 Å². The van der Waals surface area contributed by atoms with E-state index in [1.165, 1.54) is 19.1 Å². The Morgan fingerprint density at radius 3 is 2.85 bits per heavy atom. The summed E-state index contributed by atoms with van der Waals surface area (Å²) in [7, 11) is 0. The van der Waals surface area contributed by atoms with Gasteiger partial charge in [-0.1, -0.05) is 0 Å². The van der Waals surface area contributed by atoms with E-state index < -0.39 is 22.4 Å². The topological polar surface area (TPSA) is 108 Å². The van der Waals surface area contributed by atoms with Crippen LogP contribution in [-0.4, -0.2) is 29.0 Å². The van der Waals surface area contributed by atoms with E-state index in [1.54, 1.807) is 6.92 Å². The Balaban J connectivity index is 2.37. The number of rotatable bonds is 3. The number of esters is 1. The van der Waals surface area contributed by atoms with E-state index in [9.17, 15) is 19.7 Å². The van der Waals surface area contributed by atoms with Crippen LogP contribution < -0.4 is 10.1 Å². The maximum atomic E-state index is 12.0.